The number of nitrogens with zero attached hydrogens (tertiary/aromatic N) is 1. The van der Waals surface area contributed by atoms with Gasteiger partial charge < -0.3 is 10.2 Å². The zero-order chi connectivity index (χ0) is 12.1. The molecule has 1 N–H and O–H groups in total. The maximum absolute atomic E-state index is 11.7. The maximum atomic E-state index is 11.7. The molecule has 2 aliphatic rings. The van der Waals surface area contributed by atoms with E-state index in [9.17, 15) is 4.79 Å². The normalized spacial score (nSPS) is 24.3. The van der Waals surface area contributed by atoms with E-state index >= 15 is 0 Å². The van der Waals surface area contributed by atoms with Gasteiger partial charge in [-0.15, -0.1) is 0 Å². The third-order valence-corrected chi connectivity index (χ3v) is 4.27. The Morgan fingerprint density at radius 1 is 1.29 bits per heavy atom. The summed E-state index contributed by atoms with van der Waals surface area (Å²) in [6.07, 6.45) is 8.67. The lowest BCUT2D eigenvalue weighted by Crippen LogP contribution is -2.46. The van der Waals surface area contributed by atoms with E-state index in [1.54, 1.807) is 0 Å². The van der Waals surface area contributed by atoms with Crippen LogP contribution in [0.5, 0.6) is 0 Å². The first-order chi connectivity index (χ1) is 8.31. The van der Waals surface area contributed by atoms with Crippen LogP contribution in [0.15, 0.2) is 0 Å². The predicted molar refractivity (Wildman–Crippen MR) is 69.9 cm³/mol. The van der Waals surface area contributed by atoms with Crippen molar-refractivity contribution in [2.24, 2.45) is 5.92 Å². The van der Waals surface area contributed by atoms with E-state index in [0.29, 0.717) is 11.9 Å². The number of carbonyl (C=O) groups is 1. The highest BCUT2D eigenvalue weighted by Crippen LogP contribution is 2.27. The Hall–Kier alpha value is -0.570. The molecule has 0 aromatic rings. The molecule has 1 aliphatic carbocycles. The predicted octanol–water partition coefficient (Wildman–Crippen LogP) is 2.17. The Labute approximate surface area is 105 Å². The molecule has 17 heavy (non-hydrogen) atoms. The summed E-state index contributed by atoms with van der Waals surface area (Å²) in [5.41, 5.74) is 0. The fraction of sp³-hybridized carbons (Fsp3) is 0.929. The summed E-state index contributed by atoms with van der Waals surface area (Å²) in [4.78, 5) is 13.8. The minimum atomic E-state index is 0.365. The highest BCUT2D eigenvalue weighted by molar-refractivity contribution is 5.78. The molecule has 98 valence electrons. The molecule has 1 unspecified atom stereocenters. The number of hydrogen-bond donors (Lipinski definition) is 1. The van der Waals surface area contributed by atoms with Crippen molar-refractivity contribution < 1.29 is 4.79 Å². The SMILES string of the molecule is CCNC(CN1CCCC1=O)C1CCCCC1. The van der Waals surface area contributed by atoms with Crippen LogP contribution < -0.4 is 5.32 Å². The van der Waals surface area contributed by atoms with Crippen LogP contribution in [0.2, 0.25) is 0 Å². The highest BCUT2D eigenvalue weighted by atomic mass is 16.2. The van der Waals surface area contributed by atoms with E-state index in [1.807, 2.05) is 0 Å². The van der Waals surface area contributed by atoms with Crippen LogP contribution in [0.1, 0.15) is 51.9 Å². The average molecular weight is 238 g/mol. The Morgan fingerprint density at radius 3 is 2.65 bits per heavy atom. The largest absolute Gasteiger partial charge is 0.341 e. The van der Waals surface area contributed by atoms with Crippen LogP contribution in [0.25, 0.3) is 0 Å². The molecule has 3 heteroatoms. The lowest BCUT2D eigenvalue weighted by Gasteiger charge is -2.33. The van der Waals surface area contributed by atoms with Gasteiger partial charge in [0.2, 0.25) is 5.91 Å². The smallest absolute Gasteiger partial charge is 0.222 e. The van der Waals surface area contributed by atoms with Gasteiger partial charge in [-0.25, -0.2) is 0 Å². The Bertz CT molecular complexity index is 249. The molecule has 1 saturated heterocycles. The first-order valence-corrected chi connectivity index (χ1v) is 7.32. The Morgan fingerprint density at radius 2 is 2.06 bits per heavy atom. The number of likely N-dealkylation sites (N-methyl/N-ethyl adjacent to an activating group) is 1. The zero-order valence-corrected chi connectivity index (χ0v) is 11.1. The van der Waals surface area contributed by atoms with E-state index in [-0.39, 0.29) is 0 Å². The van der Waals surface area contributed by atoms with Crippen molar-refractivity contribution in [2.75, 3.05) is 19.6 Å². The molecule has 1 atom stereocenters. The first-order valence-electron chi connectivity index (χ1n) is 7.32. The van der Waals surface area contributed by atoms with E-state index in [1.165, 1.54) is 32.1 Å². The molecule has 0 bridgehead atoms. The van der Waals surface area contributed by atoms with Crippen molar-refractivity contribution in [1.82, 2.24) is 10.2 Å². The maximum Gasteiger partial charge on any atom is 0.222 e. The second-order valence-corrected chi connectivity index (χ2v) is 5.51. The van der Waals surface area contributed by atoms with E-state index in [0.717, 1.165) is 38.4 Å². The van der Waals surface area contributed by atoms with Crippen molar-refractivity contribution in [3.8, 4) is 0 Å². The van der Waals surface area contributed by atoms with E-state index in [4.69, 9.17) is 0 Å². The monoisotopic (exact) mass is 238 g/mol. The fourth-order valence-corrected chi connectivity index (χ4v) is 3.31. The van der Waals surface area contributed by atoms with Crippen molar-refractivity contribution in [2.45, 2.75) is 57.9 Å². The van der Waals surface area contributed by atoms with Gasteiger partial charge in [0.05, 0.1) is 0 Å². The van der Waals surface area contributed by atoms with Gasteiger partial charge in [0, 0.05) is 25.6 Å². The van der Waals surface area contributed by atoms with Crippen LogP contribution >= 0.6 is 0 Å². The summed E-state index contributed by atoms with van der Waals surface area (Å²) in [7, 11) is 0. The van der Waals surface area contributed by atoms with Crippen LogP contribution in [0, 0.1) is 5.92 Å². The van der Waals surface area contributed by atoms with Gasteiger partial charge in [-0.1, -0.05) is 26.2 Å². The van der Waals surface area contributed by atoms with Gasteiger partial charge in [0.15, 0.2) is 0 Å². The summed E-state index contributed by atoms with van der Waals surface area (Å²) in [5.74, 6) is 1.15. The second-order valence-electron chi connectivity index (χ2n) is 5.51. The van der Waals surface area contributed by atoms with Crippen LogP contribution in [-0.4, -0.2) is 36.5 Å². The second kappa shape index (κ2) is 6.39. The summed E-state index contributed by atoms with van der Waals surface area (Å²) >= 11 is 0. The van der Waals surface area contributed by atoms with Crippen LogP contribution in [0.3, 0.4) is 0 Å². The van der Waals surface area contributed by atoms with Gasteiger partial charge in [0.1, 0.15) is 0 Å². The molecular weight excluding hydrogens is 212 g/mol. The van der Waals surface area contributed by atoms with Crippen LogP contribution in [0.4, 0.5) is 0 Å². The van der Waals surface area contributed by atoms with Gasteiger partial charge >= 0.3 is 0 Å². The highest BCUT2D eigenvalue weighted by Gasteiger charge is 2.28. The molecule has 1 heterocycles. The lowest BCUT2D eigenvalue weighted by atomic mass is 9.83. The molecule has 0 aromatic heterocycles. The molecule has 1 amide bonds. The molecule has 2 fully saturated rings. The fourth-order valence-electron chi connectivity index (χ4n) is 3.31. The molecule has 0 aromatic carbocycles. The standard InChI is InChI=1S/C14H26N2O/c1-2-15-13(12-7-4-3-5-8-12)11-16-10-6-9-14(16)17/h12-13,15H,2-11H2,1H3. The van der Waals surface area contributed by atoms with Crippen molar-refractivity contribution in [3.05, 3.63) is 0 Å². The lowest BCUT2D eigenvalue weighted by molar-refractivity contribution is -0.128. The third kappa shape index (κ3) is 3.44. The molecule has 1 aliphatic heterocycles. The Balaban J connectivity index is 1.88. The van der Waals surface area contributed by atoms with Crippen molar-refractivity contribution >= 4 is 5.91 Å². The van der Waals surface area contributed by atoms with Gasteiger partial charge in [-0.2, -0.15) is 0 Å². The quantitative estimate of drug-likeness (QED) is 0.796. The average Bonchev–Trinajstić information content (AvgIpc) is 2.76. The minimum Gasteiger partial charge on any atom is -0.341 e. The summed E-state index contributed by atoms with van der Waals surface area (Å²) in [5, 5.41) is 3.61. The molecular formula is C14H26N2O. The van der Waals surface area contributed by atoms with E-state index in [2.05, 4.69) is 17.1 Å². The van der Waals surface area contributed by atoms with Crippen molar-refractivity contribution in [1.29, 1.82) is 0 Å². The molecule has 2 rings (SSSR count). The van der Waals surface area contributed by atoms with Gasteiger partial charge in [0.25, 0.3) is 0 Å². The number of likely N-dealkylation sites (tertiary alicyclic amines) is 1. The topological polar surface area (TPSA) is 32.3 Å². The van der Waals surface area contributed by atoms with E-state index < -0.39 is 0 Å². The number of carbonyl (C=O) groups excluding carboxylic acids is 1. The molecule has 0 spiro atoms. The summed E-state index contributed by atoms with van der Waals surface area (Å²) < 4.78 is 0. The first kappa shape index (κ1) is 12.9. The van der Waals surface area contributed by atoms with Gasteiger partial charge in [-0.05, 0) is 31.7 Å². The third-order valence-electron chi connectivity index (χ3n) is 4.27. The molecule has 3 nitrogen and oxygen atoms in total. The number of hydrogen-bond acceptors (Lipinski definition) is 2. The molecule has 1 saturated carbocycles. The molecule has 0 radical (unpaired) electrons. The summed E-state index contributed by atoms with van der Waals surface area (Å²) in [6, 6.07) is 0.530. The summed E-state index contributed by atoms with van der Waals surface area (Å²) in [6.45, 7) is 5.11. The van der Waals surface area contributed by atoms with Crippen molar-refractivity contribution in [3.63, 3.8) is 0 Å². The number of nitrogens with one attached hydrogen (secondary N) is 1. The Kier molecular flexibility index (Phi) is 4.84. The van der Waals surface area contributed by atoms with Gasteiger partial charge in [-0.3, -0.25) is 4.79 Å². The van der Waals surface area contributed by atoms with Crippen LogP contribution in [-0.2, 0) is 4.79 Å². The number of rotatable bonds is 5. The zero-order valence-electron chi connectivity index (χ0n) is 11.1. The minimum absolute atomic E-state index is 0.365. The number of amides is 1.